The first-order valence-electron chi connectivity index (χ1n) is 7.52. The lowest BCUT2D eigenvalue weighted by atomic mass is 10.1. The molecule has 1 aliphatic rings. The summed E-state index contributed by atoms with van der Waals surface area (Å²) < 4.78 is 0. The third-order valence-corrected chi connectivity index (χ3v) is 3.83. The zero-order chi connectivity index (χ0) is 14.4. The van der Waals surface area contributed by atoms with Crippen molar-refractivity contribution in [3.8, 4) is 0 Å². The standard InChI is InChI=1S/C16H25N3O/c1-3-17-13-14(2)16(20)19-11-9-18(10-12-19)15-7-5-4-6-8-15/h4-8,14,17H,3,9-13H2,1-2H3. The molecule has 20 heavy (non-hydrogen) atoms. The second-order valence-electron chi connectivity index (χ2n) is 5.36. The maximum atomic E-state index is 12.3. The number of nitrogens with zero attached hydrogens (tertiary/aromatic N) is 2. The largest absolute Gasteiger partial charge is 0.368 e. The van der Waals surface area contributed by atoms with Gasteiger partial charge < -0.3 is 15.1 Å². The van der Waals surface area contributed by atoms with Crippen LogP contribution in [-0.2, 0) is 4.79 Å². The number of rotatable bonds is 5. The third kappa shape index (κ3) is 3.73. The van der Waals surface area contributed by atoms with E-state index in [2.05, 4.69) is 41.4 Å². The molecule has 1 unspecified atom stereocenters. The average Bonchev–Trinajstić information content (AvgIpc) is 2.53. The van der Waals surface area contributed by atoms with Crippen molar-refractivity contribution in [3.63, 3.8) is 0 Å². The lowest BCUT2D eigenvalue weighted by Crippen LogP contribution is -2.51. The summed E-state index contributed by atoms with van der Waals surface area (Å²) in [6, 6.07) is 10.4. The van der Waals surface area contributed by atoms with E-state index in [1.165, 1.54) is 5.69 Å². The molecule has 0 saturated carbocycles. The van der Waals surface area contributed by atoms with E-state index in [9.17, 15) is 4.79 Å². The Balaban J connectivity index is 1.83. The van der Waals surface area contributed by atoms with Crippen LogP contribution >= 0.6 is 0 Å². The molecule has 0 bridgehead atoms. The van der Waals surface area contributed by atoms with Crippen LogP contribution in [0.1, 0.15) is 13.8 Å². The van der Waals surface area contributed by atoms with E-state index < -0.39 is 0 Å². The van der Waals surface area contributed by atoms with Gasteiger partial charge in [-0.25, -0.2) is 0 Å². The van der Waals surface area contributed by atoms with Gasteiger partial charge in [0.2, 0.25) is 5.91 Å². The molecule has 1 aromatic carbocycles. The molecule has 4 nitrogen and oxygen atoms in total. The predicted octanol–water partition coefficient (Wildman–Crippen LogP) is 1.58. The van der Waals surface area contributed by atoms with E-state index in [1.807, 2.05) is 17.9 Å². The minimum Gasteiger partial charge on any atom is -0.368 e. The van der Waals surface area contributed by atoms with Gasteiger partial charge in [-0.15, -0.1) is 0 Å². The summed E-state index contributed by atoms with van der Waals surface area (Å²) in [5, 5.41) is 3.24. The summed E-state index contributed by atoms with van der Waals surface area (Å²) in [6.45, 7) is 9.25. The highest BCUT2D eigenvalue weighted by Crippen LogP contribution is 2.16. The first-order chi connectivity index (χ1) is 9.72. The molecule has 1 aliphatic heterocycles. The Hall–Kier alpha value is -1.55. The number of piperazine rings is 1. The van der Waals surface area contributed by atoms with E-state index >= 15 is 0 Å². The Morgan fingerprint density at radius 1 is 1.20 bits per heavy atom. The van der Waals surface area contributed by atoms with Crippen molar-refractivity contribution in [3.05, 3.63) is 30.3 Å². The van der Waals surface area contributed by atoms with Crippen molar-refractivity contribution in [1.29, 1.82) is 0 Å². The molecule has 110 valence electrons. The van der Waals surface area contributed by atoms with E-state index in [4.69, 9.17) is 0 Å². The van der Waals surface area contributed by atoms with Crippen molar-refractivity contribution in [2.24, 2.45) is 5.92 Å². The molecular formula is C16H25N3O. The molecule has 0 spiro atoms. The van der Waals surface area contributed by atoms with Gasteiger partial charge in [0.25, 0.3) is 0 Å². The van der Waals surface area contributed by atoms with Crippen LogP contribution in [0.15, 0.2) is 30.3 Å². The molecule has 1 N–H and O–H groups in total. The summed E-state index contributed by atoms with van der Waals surface area (Å²) in [6.07, 6.45) is 0. The monoisotopic (exact) mass is 275 g/mol. The minimum absolute atomic E-state index is 0.0678. The fraction of sp³-hybridized carbons (Fsp3) is 0.562. The van der Waals surface area contributed by atoms with Crippen LogP contribution in [0.25, 0.3) is 0 Å². The molecule has 0 aromatic heterocycles. The number of hydrogen-bond acceptors (Lipinski definition) is 3. The maximum Gasteiger partial charge on any atom is 0.226 e. The smallest absolute Gasteiger partial charge is 0.226 e. The van der Waals surface area contributed by atoms with E-state index in [0.717, 1.165) is 39.3 Å². The van der Waals surface area contributed by atoms with Crippen LogP contribution in [0.2, 0.25) is 0 Å². The van der Waals surface area contributed by atoms with E-state index in [0.29, 0.717) is 0 Å². The molecule has 0 aliphatic carbocycles. The van der Waals surface area contributed by atoms with Crippen LogP contribution in [0.5, 0.6) is 0 Å². The third-order valence-electron chi connectivity index (χ3n) is 3.83. The van der Waals surface area contributed by atoms with Gasteiger partial charge in [-0.2, -0.15) is 0 Å². The van der Waals surface area contributed by atoms with Crippen molar-refractivity contribution in [2.75, 3.05) is 44.2 Å². The van der Waals surface area contributed by atoms with Crippen molar-refractivity contribution in [2.45, 2.75) is 13.8 Å². The zero-order valence-electron chi connectivity index (χ0n) is 12.5. The number of para-hydroxylation sites is 1. The van der Waals surface area contributed by atoms with E-state index in [1.54, 1.807) is 0 Å². The highest BCUT2D eigenvalue weighted by molar-refractivity contribution is 5.79. The number of anilines is 1. The molecule has 0 radical (unpaired) electrons. The normalized spacial score (nSPS) is 17.1. The van der Waals surface area contributed by atoms with E-state index in [-0.39, 0.29) is 11.8 Å². The van der Waals surface area contributed by atoms with Gasteiger partial charge in [0.15, 0.2) is 0 Å². The SMILES string of the molecule is CCNCC(C)C(=O)N1CCN(c2ccccc2)CC1. The zero-order valence-corrected chi connectivity index (χ0v) is 12.5. The Morgan fingerprint density at radius 3 is 2.45 bits per heavy atom. The number of amides is 1. The molecule has 1 atom stereocenters. The van der Waals surface area contributed by atoms with Crippen LogP contribution in [0, 0.1) is 5.92 Å². The second-order valence-corrected chi connectivity index (χ2v) is 5.36. The first kappa shape index (κ1) is 14.9. The molecule has 1 aromatic rings. The summed E-state index contributed by atoms with van der Waals surface area (Å²) in [5.74, 6) is 0.344. The van der Waals surface area contributed by atoms with Gasteiger partial charge in [-0.05, 0) is 18.7 Å². The fourth-order valence-corrected chi connectivity index (χ4v) is 2.58. The lowest BCUT2D eigenvalue weighted by Gasteiger charge is -2.37. The number of hydrogen-bond donors (Lipinski definition) is 1. The topological polar surface area (TPSA) is 35.6 Å². The molecule has 1 fully saturated rings. The van der Waals surface area contributed by atoms with Gasteiger partial charge >= 0.3 is 0 Å². The van der Waals surface area contributed by atoms with Crippen molar-refractivity contribution in [1.82, 2.24) is 10.2 Å². The van der Waals surface area contributed by atoms with Crippen molar-refractivity contribution < 1.29 is 4.79 Å². The molecule has 1 amide bonds. The molecule has 1 heterocycles. The first-order valence-corrected chi connectivity index (χ1v) is 7.52. The van der Waals surface area contributed by atoms with Gasteiger partial charge in [0, 0.05) is 44.3 Å². The van der Waals surface area contributed by atoms with Crippen LogP contribution in [0.4, 0.5) is 5.69 Å². The highest BCUT2D eigenvalue weighted by Gasteiger charge is 2.24. The lowest BCUT2D eigenvalue weighted by molar-refractivity contribution is -0.135. The van der Waals surface area contributed by atoms with Gasteiger partial charge in [0.05, 0.1) is 0 Å². The molecule has 2 rings (SSSR count). The maximum absolute atomic E-state index is 12.3. The second kappa shape index (κ2) is 7.29. The molecule has 1 saturated heterocycles. The minimum atomic E-state index is 0.0678. The number of carbonyl (C=O) groups is 1. The summed E-state index contributed by atoms with van der Waals surface area (Å²) in [4.78, 5) is 16.7. The summed E-state index contributed by atoms with van der Waals surface area (Å²) in [5.41, 5.74) is 1.25. The van der Waals surface area contributed by atoms with Crippen LogP contribution in [-0.4, -0.2) is 50.1 Å². The van der Waals surface area contributed by atoms with Crippen LogP contribution < -0.4 is 10.2 Å². The fourth-order valence-electron chi connectivity index (χ4n) is 2.58. The number of nitrogens with one attached hydrogen (secondary N) is 1. The predicted molar refractivity (Wildman–Crippen MR) is 82.9 cm³/mol. The van der Waals surface area contributed by atoms with Gasteiger partial charge in [-0.1, -0.05) is 32.0 Å². The highest BCUT2D eigenvalue weighted by atomic mass is 16.2. The van der Waals surface area contributed by atoms with Gasteiger partial charge in [0.1, 0.15) is 0 Å². The molecular weight excluding hydrogens is 250 g/mol. The number of benzene rings is 1. The summed E-state index contributed by atoms with van der Waals surface area (Å²) >= 11 is 0. The van der Waals surface area contributed by atoms with Gasteiger partial charge in [-0.3, -0.25) is 4.79 Å². The number of carbonyl (C=O) groups excluding carboxylic acids is 1. The Bertz CT molecular complexity index is 413. The molecule has 4 heteroatoms. The Kier molecular flexibility index (Phi) is 5.41. The Labute approximate surface area is 121 Å². The summed E-state index contributed by atoms with van der Waals surface area (Å²) in [7, 11) is 0. The Morgan fingerprint density at radius 2 is 1.85 bits per heavy atom. The quantitative estimate of drug-likeness (QED) is 0.886. The van der Waals surface area contributed by atoms with Crippen molar-refractivity contribution >= 4 is 11.6 Å². The van der Waals surface area contributed by atoms with Crippen LogP contribution in [0.3, 0.4) is 0 Å². The average molecular weight is 275 g/mol.